The Hall–Kier alpha value is -4.04. The molecule has 2 aromatic carbocycles. The van der Waals surface area contributed by atoms with Crippen molar-refractivity contribution in [1.82, 2.24) is 15.4 Å². The molecule has 0 bridgehead atoms. The molecule has 40 heavy (non-hydrogen) atoms. The molecule has 2 aromatic heterocycles. The Kier molecular flexibility index (Phi) is 6.57. The first kappa shape index (κ1) is 27.5. The van der Waals surface area contributed by atoms with E-state index in [4.69, 9.17) is 10.2 Å². The van der Waals surface area contributed by atoms with Crippen LogP contribution in [0.15, 0.2) is 62.4 Å². The molecule has 14 heteroatoms. The Bertz CT molecular complexity index is 1690. The van der Waals surface area contributed by atoms with Crippen LogP contribution in [0.1, 0.15) is 38.0 Å². The number of amides is 1. The van der Waals surface area contributed by atoms with Gasteiger partial charge in [-0.05, 0) is 23.8 Å². The number of rotatable bonds is 4. The topological polar surface area (TPSA) is 145 Å². The number of halogens is 3. The minimum absolute atomic E-state index is 0.0120. The number of benzene rings is 2. The van der Waals surface area contributed by atoms with E-state index in [1.165, 1.54) is 35.2 Å². The number of fused-ring (bicyclic) bond motifs is 1. The quantitative estimate of drug-likeness (QED) is 0.375. The van der Waals surface area contributed by atoms with Gasteiger partial charge in [-0.15, -0.1) is 10.2 Å². The lowest BCUT2D eigenvalue weighted by Crippen LogP contribution is -2.45. The molecule has 2 N–H and O–H groups in total. The van der Waals surface area contributed by atoms with Crippen LogP contribution in [0.4, 0.5) is 18.9 Å². The predicted octanol–water partition coefficient (Wildman–Crippen LogP) is 4.36. The van der Waals surface area contributed by atoms with Crippen molar-refractivity contribution < 1.29 is 35.3 Å². The summed E-state index contributed by atoms with van der Waals surface area (Å²) < 4.78 is 75.0. The predicted molar refractivity (Wildman–Crippen MR) is 137 cm³/mol. The van der Waals surface area contributed by atoms with Gasteiger partial charge >= 0.3 is 6.18 Å². The summed E-state index contributed by atoms with van der Waals surface area (Å²) in [6.45, 7) is 5.64. The zero-order valence-electron chi connectivity index (χ0n) is 21.6. The fourth-order valence-electron chi connectivity index (χ4n) is 4.16. The van der Waals surface area contributed by atoms with Crippen molar-refractivity contribution in [3.8, 4) is 22.7 Å². The van der Waals surface area contributed by atoms with Gasteiger partial charge in [0.2, 0.25) is 23.4 Å². The molecule has 0 spiro atoms. The average molecular weight is 576 g/mol. The van der Waals surface area contributed by atoms with E-state index in [2.05, 4.69) is 19.9 Å². The molecule has 0 saturated heterocycles. The fourth-order valence-corrected chi connectivity index (χ4v) is 5.71. The van der Waals surface area contributed by atoms with Crippen molar-refractivity contribution in [2.75, 3.05) is 10.7 Å². The normalized spacial score (nSPS) is 17.5. The number of alkyl halides is 3. The molecule has 4 aromatic rings. The third-order valence-corrected chi connectivity index (χ3v) is 8.07. The first-order chi connectivity index (χ1) is 18.6. The summed E-state index contributed by atoms with van der Waals surface area (Å²) >= 11 is 0. The van der Waals surface area contributed by atoms with Crippen LogP contribution in [0.3, 0.4) is 0 Å². The summed E-state index contributed by atoms with van der Waals surface area (Å²) in [5.74, 6) is -1.87. The lowest BCUT2D eigenvalue weighted by molar-refractivity contribution is -0.155. The molecule has 3 heterocycles. The van der Waals surface area contributed by atoms with E-state index < -0.39 is 44.9 Å². The van der Waals surface area contributed by atoms with Crippen molar-refractivity contribution in [1.29, 1.82) is 0 Å². The number of carbonyl (C=O) groups is 1. The van der Waals surface area contributed by atoms with Gasteiger partial charge in [-0.3, -0.25) is 4.79 Å². The molecule has 1 amide bonds. The zero-order valence-corrected chi connectivity index (χ0v) is 22.4. The van der Waals surface area contributed by atoms with Gasteiger partial charge in [0.05, 0.1) is 28.9 Å². The van der Waals surface area contributed by atoms with E-state index in [0.717, 1.165) is 6.07 Å². The number of aromatic nitrogens is 3. The molecule has 0 saturated carbocycles. The Morgan fingerprint density at radius 2 is 1.70 bits per heavy atom. The molecule has 1 aliphatic rings. The molecular formula is C26H24F3N5O5S. The number of anilines is 1. The highest BCUT2D eigenvalue weighted by atomic mass is 32.2. The van der Waals surface area contributed by atoms with Crippen LogP contribution < -0.4 is 10.6 Å². The minimum atomic E-state index is -4.67. The lowest BCUT2D eigenvalue weighted by Gasteiger charge is -2.24. The number of nitrogens with two attached hydrogens (primary N) is 1. The van der Waals surface area contributed by atoms with Crippen LogP contribution in [-0.2, 0) is 32.8 Å². The molecule has 5 rings (SSSR count). The van der Waals surface area contributed by atoms with Gasteiger partial charge in [0, 0.05) is 22.6 Å². The van der Waals surface area contributed by atoms with Crippen molar-refractivity contribution in [2.24, 2.45) is 5.73 Å². The third kappa shape index (κ3) is 5.23. The highest BCUT2D eigenvalue weighted by molar-refractivity contribution is 7.91. The first-order valence-corrected chi connectivity index (χ1v) is 13.7. The number of nitrogens with zero attached hydrogens (tertiary/aromatic N) is 4. The number of carbonyl (C=O) groups excluding carboxylic acids is 1. The molecule has 0 unspecified atom stereocenters. The maximum Gasteiger partial charge on any atom is 0.452 e. The van der Waals surface area contributed by atoms with Crippen molar-refractivity contribution in [2.45, 2.75) is 49.8 Å². The number of hydrogen-bond donors (Lipinski definition) is 1. The highest BCUT2D eigenvalue weighted by Gasteiger charge is 2.37. The molecule has 1 aliphatic heterocycles. The average Bonchev–Trinajstić information content (AvgIpc) is 3.56. The summed E-state index contributed by atoms with van der Waals surface area (Å²) in [5, 5.41) is 11.6. The Labute approximate surface area is 226 Å². The van der Waals surface area contributed by atoms with Crippen molar-refractivity contribution in [3.05, 3.63) is 65.7 Å². The van der Waals surface area contributed by atoms with E-state index in [0.29, 0.717) is 22.6 Å². The Morgan fingerprint density at radius 1 is 1.02 bits per heavy atom. The first-order valence-electron chi connectivity index (χ1n) is 12.0. The van der Waals surface area contributed by atoms with E-state index in [1.807, 2.05) is 20.8 Å². The summed E-state index contributed by atoms with van der Waals surface area (Å²) in [6, 6.07) is 10.1. The number of sulfone groups is 1. The van der Waals surface area contributed by atoms with Gasteiger partial charge in [-0.1, -0.05) is 50.2 Å². The molecule has 0 fully saturated rings. The van der Waals surface area contributed by atoms with E-state index >= 15 is 0 Å². The van der Waals surface area contributed by atoms with Crippen molar-refractivity contribution >= 4 is 21.4 Å². The van der Waals surface area contributed by atoms with Crippen LogP contribution in [0.5, 0.6) is 0 Å². The molecule has 1 atom stereocenters. The Balaban J connectivity index is 1.51. The summed E-state index contributed by atoms with van der Waals surface area (Å²) in [5.41, 5.74) is 7.00. The second-order valence-electron chi connectivity index (χ2n) is 10.4. The SMILES string of the molecule is CC(C)(C)c1nnc(-c2ccc3c(c2)N(Cc2ccc(-c4cc(C(F)(F)F)on4)cc2)C(=O)[C@@H](N)CS3(=O)=O)o1. The highest BCUT2D eigenvalue weighted by Crippen LogP contribution is 2.36. The van der Waals surface area contributed by atoms with Gasteiger partial charge in [-0.2, -0.15) is 13.2 Å². The minimum Gasteiger partial charge on any atom is -0.420 e. The van der Waals surface area contributed by atoms with Gasteiger partial charge in [-0.25, -0.2) is 8.42 Å². The molecule has 0 radical (unpaired) electrons. The molecule has 210 valence electrons. The van der Waals surface area contributed by atoms with Crippen LogP contribution in [-0.4, -0.2) is 41.5 Å². The van der Waals surface area contributed by atoms with Gasteiger partial charge in [0.15, 0.2) is 9.84 Å². The smallest absolute Gasteiger partial charge is 0.420 e. The van der Waals surface area contributed by atoms with Crippen LogP contribution in [0.25, 0.3) is 22.7 Å². The lowest BCUT2D eigenvalue weighted by atomic mass is 9.97. The summed E-state index contributed by atoms with van der Waals surface area (Å²) in [7, 11) is -3.92. The standard InChI is InChI=1S/C26H24F3N5O5S/c1-25(2,3)24-32-31-22(38-24)16-8-9-20-19(10-16)34(23(35)17(30)13-40(20,36)37)12-14-4-6-15(7-5-14)18-11-21(39-33-18)26(27,28)29/h4-11,17H,12-13,30H2,1-3H3/t17-/m0/s1. The largest absolute Gasteiger partial charge is 0.452 e. The number of hydrogen-bond acceptors (Lipinski definition) is 9. The zero-order chi connectivity index (χ0) is 29.0. The van der Waals surface area contributed by atoms with Gasteiger partial charge in [0.25, 0.3) is 0 Å². The van der Waals surface area contributed by atoms with E-state index in [9.17, 15) is 26.4 Å². The maximum atomic E-state index is 13.3. The molecule has 0 aliphatic carbocycles. The molecule has 10 nitrogen and oxygen atoms in total. The van der Waals surface area contributed by atoms with E-state index in [1.54, 1.807) is 12.1 Å². The van der Waals surface area contributed by atoms with E-state index in [-0.39, 0.29) is 28.7 Å². The van der Waals surface area contributed by atoms with Crippen LogP contribution in [0.2, 0.25) is 0 Å². The fraction of sp³-hybridized carbons (Fsp3) is 0.308. The van der Waals surface area contributed by atoms with Gasteiger partial charge in [0.1, 0.15) is 5.69 Å². The summed E-state index contributed by atoms with van der Waals surface area (Å²) in [6.07, 6.45) is -4.67. The molecular weight excluding hydrogens is 551 g/mol. The van der Waals surface area contributed by atoms with Crippen LogP contribution in [0, 0.1) is 0 Å². The van der Waals surface area contributed by atoms with Crippen molar-refractivity contribution in [3.63, 3.8) is 0 Å². The second kappa shape index (κ2) is 9.55. The third-order valence-electron chi connectivity index (χ3n) is 6.26. The van der Waals surface area contributed by atoms with Crippen LogP contribution >= 0.6 is 0 Å². The second-order valence-corrected chi connectivity index (χ2v) is 12.4. The monoisotopic (exact) mass is 575 g/mol. The Morgan fingerprint density at radius 3 is 2.30 bits per heavy atom. The van der Waals surface area contributed by atoms with Gasteiger partial charge < -0.3 is 19.6 Å². The maximum absolute atomic E-state index is 13.3. The summed E-state index contributed by atoms with van der Waals surface area (Å²) in [4.78, 5) is 14.5.